The number of hydrogen-bond acceptors (Lipinski definition) is 5. The van der Waals surface area contributed by atoms with Crippen LogP contribution in [-0.4, -0.2) is 40.6 Å². The van der Waals surface area contributed by atoms with Crippen LogP contribution in [-0.2, 0) is 4.79 Å². The molecule has 0 aliphatic heterocycles. The van der Waals surface area contributed by atoms with Gasteiger partial charge in [-0.3, -0.25) is 4.79 Å². The van der Waals surface area contributed by atoms with E-state index in [0.717, 1.165) is 35.4 Å². The van der Waals surface area contributed by atoms with Crippen molar-refractivity contribution in [2.24, 2.45) is 0 Å². The van der Waals surface area contributed by atoms with Gasteiger partial charge in [-0.25, -0.2) is 0 Å². The maximum Gasteiger partial charge on any atom is 0.262 e. The highest BCUT2D eigenvalue weighted by Crippen LogP contribution is 2.33. The second-order valence-corrected chi connectivity index (χ2v) is 10.1. The van der Waals surface area contributed by atoms with Crippen molar-refractivity contribution in [3.05, 3.63) is 71.8 Å². The zero-order valence-electron chi connectivity index (χ0n) is 22.6. The molecule has 4 aromatic rings. The summed E-state index contributed by atoms with van der Waals surface area (Å²) >= 11 is 0. The van der Waals surface area contributed by atoms with E-state index in [1.54, 1.807) is 4.80 Å². The molecule has 1 fully saturated rings. The van der Waals surface area contributed by atoms with Gasteiger partial charge in [-0.05, 0) is 99.2 Å². The van der Waals surface area contributed by atoms with E-state index in [2.05, 4.69) is 58.5 Å². The van der Waals surface area contributed by atoms with Gasteiger partial charge in [0.1, 0.15) is 16.8 Å². The lowest BCUT2D eigenvalue weighted by atomic mass is 9.84. The van der Waals surface area contributed by atoms with Gasteiger partial charge in [-0.15, -0.1) is 10.2 Å². The van der Waals surface area contributed by atoms with Crippen LogP contribution < -0.4 is 15.0 Å². The molecule has 1 aliphatic carbocycles. The molecule has 1 aliphatic rings. The van der Waals surface area contributed by atoms with E-state index in [4.69, 9.17) is 4.74 Å². The molecule has 0 spiro atoms. The highest BCUT2D eigenvalue weighted by Gasteiger charge is 2.16. The minimum atomic E-state index is -0.205. The quantitative estimate of drug-likeness (QED) is 0.273. The monoisotopic (exact) mass is 511 g/mol. The molecule has 5 rings (SSSR count). The first-order valence-corrected chi connectivity index (χ1v) is 13.8. The molecule has 1 N–H and O–H groups in total. The van der Waals surface area contributed by atoms with E-state index in [1.165, 1.54) is 43.4 Å². The van der Waals surface area contributed by atoms with Crippen LogP contribution in [0.2, 0.25) is 0 Å². The third-order valence-corrected chi connectivity index (χ3v) is 7.54. The van der Waals surface area contributed by atoms with E-state index in [-0.39, 0.29) is 12.5 Å². The van der Waals surface area contributed by atoms with E-state index in [0.29, 0.717) is 17.4 Å². The van der Waals surface area contributed by atoms with Gasteiger partial charge >= 0.3 is 0 Å². The third-order valence-electron chi connectivity index (χ3n) is 7.54. The van der Waals surface area contributed by atoms with Gasteiger partial charge in [0, 0.05) is 24.5 Å². The lowest BCUT2D eigenvalue weighted by Crippen LogP contribution is -2.21. The number of ether oxygens (including phenoxy) is 1. The Hall–Kier alpha value is -3.87. The van der Waals surface area contributed by atoms with Crippen LogP contribution in [0.4, 0.5) is 11.4 Å². The Morgan fingerprint density at radius 1 is 0.947 bits per heavy atom. The summed E-state index contributed by atoms with van der Waals surface area (Å²) < 4.78 is 5.77. The van der Waals surface area contributed by atoms with Gasteiger partial charge in [0.2, 0.25) is 0 Å². The molecular weight excluding hydrogens is 474 g/mol. The molecule has 1 amide bonds. The van der Waals surface area contributed by atoms with Gasteiger partial charge in [0.05, 0.1) is 5.69 Å². The SMILES string of the molecule is CCN(CC)c1ccc(-n2nc3cc(C)c(NC(=O)COc4ccc(C5CCCCC5)cc4)cc3n2)cc1. The molecule has 0 bridgehead atoms. The van der Waals surface area contributed by atoms with Crippen LogP contribution in [0.5, 0.6) is 5.75 Å². The van der Waals surface area contributed by atoms with Crippen molar-refractivity contribution in [1.82, 2.24) is 15.0 Å². The number of rotatable bonds is 9. The zero-order valence-corrected chi connectivity index (χ0v) is 22.6. The van der Waals surface area contributed by atoms with E-state index >= 15 is 0 Å². The van der Waals surface area contributed by atoms with Crippen LogP contribution in [0.3, 0.4) is 0 Å². The predicted octanol–water partition coefficient (Wildman–Crippen LogP) is 6.64. The first-order valence-electron chi connectivity index (χ1n) is 13.8. The maximum atomic E-state index is 12.7. The highest BCUT2D eigenvalue weighted by molar-refractivity contribution is 5.95. The van der Waals surface area contributed by atoms with E-state index in [9.17, 15) is 4.79 Å². The van der Waals surface area contributed by atoms with Crippen LogP contribution in [0.15, 0.2) is 60.7 Å². The average molecular weight is 512 g/mol. The fourth-order valence-corrected chi connectivity index (χ4v) is 5.31. The highest BCUT2D eigenvalue weighted by atomic mass is 16.5. The lowest BCUT2D eigenvalue weighted by molar-refractivity contribution is -0.118. The molecular formula is C31H37N5O2. The Kier molecular flexibility index (Phi) is 7.91. The molecule has 0 atom stereocenters. The summed E-state index contributed by atoms with van der Waals surface area (Å²) in [6.45, 7) is 8.14. The Morgan fingerprint density at radius 2 is 1.61 bits per heavy atom. The number of hydrogen-bond donors (Lipinski definition) is 1. The van der Waals surface area contributed by atoms with Crippen LogP contribution in [0.25, 0.3) is 16.7 Å². The van der Waals surface area contributed by atoms with Crippen molar-refractivity contribution in [3.8, 4) is 11.4 Å². The fraction of sp³-hybridized carbons (Fsp3) is 0.387. The normalized spacial score (nSPS) is 14.0. The van der Waals surface area contributed by atoms with Crippen molar-refractivity contribution < 1.29 is 9.53 Å². The van der Waals surface area contributed by atoms with Crippen LogP contribution in [0.1, 0.15) is 63.0 Å². The molecule has 1 saturated carbocycles. The first kappa shape index (κ1) is 25.8. The molecule has 198 valence electrons. The molecule has 38 heavy (non-hydrogen) atoms. The predicted molar refractivity (Wildman–Crippen MR) is 154 cm³/mol. The summed E-state index contributed by atoms with van der Waals surface area (Å²) in [5.41, 5.74) is 6.58. The van der Waals surface area contributed by atoms with Crippen molar-refractivity contribution in [1.29, 1.82) is 0 Å². The summed E-state index contributed by atoms with van der Waals surface area (Å²) in [5, 5.41) is 12.3. The largest absolute Gasteiger partial charge is 0.484 e. The number of fused-ring (bicyclic) bond motifs is 1. The van der Waals surface area contributed by atoms with Gasteiger partial charge in [0.15, 0.2) is 6.61 Å². The Bertz CT molecular complexity index is 1370. The molecule has 0 radical (unpaired) electrons. The second kappa shape index (κ2) is 11.7. The van der Waals surface area contributed by atoms with Crippen LogP contribution >= 0.6 is 0 Å². The number of carbonyl (C=O) groups is 1. The Labute approximate surface area is 224 Å². The lowest BCUT2D eigenvalue weighted by Gasteiger charge is -2.22. The van der Waals surface area contributed by atoms with Crippen molar-refractivity contribution in [3.63, 3.8) is 0 Å². The number of nitrogens with zero attached hydrogens (tertiary/aromatic N) is 4. The minimum absolute atomic E-state index is 0.0498. The smallest absolute Gasteiger partial charge is 0.262 e. The molecule has 7 heteroatoms. The van der Waals surface area contributed by atoms with Crippen LogP contribution in [0, 0.1) is 6.92 Å². The topological polar surface area (TPSA) is 72.3 Å². The zero-order chi connectivity index (χ0) is 26.5. The molecule has 0 saturated heterocycles. The van der Waals surface area contributed by atoms with Gasteiger partial charge in [-0.2, -0.15) is 4.80 Å². The van der Waals surface area contributed by atoms with E-state index in [1.807, 2.05) is 43.3 Å². The molecule has 0 unspecified atom stereocenters. The molecule has 3 aromatic carbocycles. The first-order chi connectivity index (χ1) is 18.5. The maximum absolute atomic E-state index is 12.7. The standard InChI is InChI=1S/C31H37N5O2/c1-4-35(5-2)25-13-15-26(16-14-25)36-33-29-19-22(3)28(20-30(29)34-36)32-31(37)21-38-27-17-11-24(12-18-27)23-9-7-6-8-10-23/h11-20,23H,4-10,21H2,1-3H3,(H,32,37). The number of benzene rings is 3. The second-order valence-electron chi connectivity index (χ2n) is 10.1. The summed E-state index contributed by atoms with van der Waals surface area (Å²) in [6, 6.07) is 20.3. The summed E-state index contributed by atoms with van der Waals surface area (Å²) in [4.78, 5) is 16.6. The third kappa shape index (κ3) is 5.82. The number of aromatic nitrogens is 3. The Balaban J connectivity index is 1.22. The number of nitrogens with one attached hydrogen (secondary N) is 1. The average Bonchev–Trinajstić information content (AvgIpc) is 3.36. The number of aryl methyl sites for hydroxylation is 1. The van der Waals surface area contributed by atoms with Gasteiger partial charge in [0.25, 0.3) is 5.91 Å². The molecule has 7 nitrogen and oxygen atoms in total. The molecule has 1 aromatic heterocycles. The summed E-state index contributed by atoms with van der Waals surface area (Å²) in [5.74, 6) is 1.16. The van der Waals surface area contributed by atoms with Crippen molar-refractivity contribution >= 4 is 28.3 Å². The fourth-order valence-electron chi connectivity index (χ4n) is 5.31. The summed E-state index contributed by atoms with van der Waals surface area (Å²) in [7, 11) is 0. The Morgan fingerprint density at radius 3 is 2.26 bits per heavy atom. The minimum Gasteiger partial charge on any atom is -0.484 e. The van der Waals surface area contributed by atoms with E-state index < -0.39 is 0 Å². The summed E-state index contributed by atoms with van der Waals surface area (Å²) in [6.07, 6.45) is 6.51. The van der Waals surface area contributed by atoms with Gasteiger partial charge < -0.3 is 15.0 Å². The van der Waals surface area contributed by atoms with Gasteiger partial charge in [-0.1, -0.05) is 31.4 Å². The number of amides is 1. The van der Waals surface area contributed by atoms with Crippen molar-refractivity contribution in [2.45, 2.75) is 58.8 Å². The number of carbonyl (C=O) groups excluding carboxylic acids is 1. The van der Waals surface area contributed by atoms with Crippen molar-refractivity contribution in [2.75, 3.05) is 29.9 Å². The molecule has 1 heterocycles. The number of anilines is 2.